The summed E-state index contributed by atoms with van der Waals surface area (Å²) in [6.45, 7) is 5.53. The number of carbonyl (C=O) groups excluding carboxylic acids is 1. The summed E-state index contributed by atoms with van der Waals surface area (Å²) in [6.07, 6.45) is 2.65. The van der Waals surface area contributed by atoms with Crippen LogP contribution in [0.1, 0.15) is 36.2 Å². The maximum Gasteiger partial charge on any atom is 0.251 e. The summed E-state index contributed by atoms with van der Waals surface area (Å²) in [6, 6.07) is 9.64. The van der Waals surface area contributed by atoms with E-state index in [1.807, 2.05) is 0 Å². The number of piperidine rings is 1. The van der Waals surface area contributed by atoms with Gasteiger partial charge in [0, 0.05) is 37.5 Å². The lowest BCUT2D eigenvalue weighted by Crippen LogP contribution is -2.42. The van der Waals surface area contributed by atoms with E-state index in [4.69, 9.17) is 4.74 Å². The van der Waals surface area contributed by atoms with Crippen LogP contribution in [0.25, 0.3) is 0 Å². The highest BCUT2D eigenvalue weighted by atomic mass is 32.2. The minimum absolute atomic E-state index is 0.217. The molecule has 0 bridgehead atoms. The van der Waals surface area contributed by atoms with E-state index in [0.717, 1.165) is 12.0 Å². The summed E-state index contributed by atoms with van der Waals surface area (Å²) in [5.74, 6) is 0.883. The first-order valence-corrected chi connectivity index (χ1v) is 11.1. The van der Waals surface area contributed by atoms with Gasteiger partial charge in [0.15, 0.2) is 0 Å². The van der Waals surface area contributed by atoms with Gasteiger partial charge in [-0.1, -0.05) is 13.8 Å². The molecule has 1 aromatic heterocycles. The van der Waals surface area contributed by atoms with Crippen LogP contribution < -0.4 is 10.1 Å². The van der Waals surface area contributed by atoms with Gasteiger partial charge in [-0.05, 0) is 54.2 Å². The van der Waals surface area contributed by atoms with Crippen LogP contribution in [0.3, 0.4) is 0 Å². The molecule has 29 heavy (non-hydrogen) atoms. The number of ether oxygens (including phenoxy) is 1. The van der Waals surface area contributed by atoms with E-state index in [0.29, 0.717) is 42.9 Å². The Balaban J connectivity index is 1.66. The molecule has 1 aromatic carbocycles. The van der Waals surface area contributed by atoms with Crippen LogP contribution in [0.5, 0.6) is 5.88 Å². The fraction of sp³-hybridized carbons (Fsp3) is 0.429. The van der Waals surface area contributed by atoms with Gasteiger partial charge in [-0.3, -0.25) is 4.79 Å². The van der Waals surface area contributed by atoms with E-state index < -0.39 is 10.0 Å². The van der Waals surface area contributed by atoms with Crippen LogP contribution in [0.4, 0.5) is 0 Å². The first-order valence-electron chi connectivity index (χ1n) is 9.67. The molecule has 1 aliphatic rings. The molecule has 0 saturated carbocycles. The van der Waals surface area contributed by atoms with Crippen molar-refractivity contribution in [1.29, 1.82) is 0 Å². The van der Waals surface area contributed by atoms with E-state index in [1.165, 1.54) is 19.2 Å². The predicted molar refractivity (Wildman–Crippen MR) is 110 cm³/mol. The number of methoxy groups -OCH3 is 1. The predicted octanol–water partition coefficient (Wildman–Crippen LogP) is 2.69. The number of hydrogen-bond donors (Lipinski definition) is 1. The molecule has 2 aromatic rings. The van der Waals surface area contributed by atoms with Crippen molar-refractivity contribution in [3.05, 3.63) is 53.7 Å². The van der Waals surface area contributed by atoms with Crippen LogP contribution in [0.2, 0.25) is 0 Å². The van der Waals surface area contributed by atoms with Gasteiger partial charge in [-0.2, -0.15) is 4.31 Å². The number of hydrogen-bond acceptors (Lipinski definition) is 5. The Morgan fingerprint density at radius 1 is 1.17 bits per heavy atom. The Kier molecular flexibility index (Phi) is 6.54. The largest absolute Gasteiger partial charge is 0.481 e. The zero-order valence-electron chi connectivity index (χ0n) is 17.0. The number of nitrogens with zero attached hydrogens (tertiary/aromatic N) is 2. The average molecular weight is 418 g/mol. The zero-order chi connectivity index (χ0) is 21.0. The molecule has 0 radical (unpaired) electrons. The summed E-state index contributed by atoms with van der Waals surface area (Å²) in [7, 11) is -2.02. The summed E-state index contributed by atoms with van der Waals surface area (Å²) in [5.41, 5.74) is 1.27. The molecule has 7 nitrogen and oxygen atoms in total. The van der Waals surface area contributed by atoms with Gasteiger partial charge >= 0.3 is 0 Å². The third-order valence-electron chi connectivity index (χ3n) is 5.05. The molecule has 2 atom stereocenters. The van der Waals surface area contributed by atoms with Crippen molar-refractivity contribution in [3.8, 4) is 5.88 Å². The van der Waals surface area contributed by atoms with E-state index >= 15 is 0 Å². The standard InChI is InChI=1S/C21H27N3O4S/c1-15-10-16(2)14-24(13-15)29(26,27)19-6-4-18(5-7-19)21(25)23-12-17-8-9-22-20(11-17)28-3/h4-9,11,15-16H,10,12-14H2,1-3H3,(H,23,25). The quantitative estimate of drug-likeness (QED) is 0.781. The maximum absolute atomic E-state index is 12.9. The highest BCUT2D eigenvalue weighted by molar-refractivity contribution is 7.89. The molecular formula is C21H27N3O4S. The van der Waals surface area contributed by atoms with E-state index in [1.54, 1.807) is 34.8 Å². The van der Waals surface area contributed by atoms with Crippen molar-refractivity contribution in [3.63, 3.8) is 0 Å². The second-order valence-corrected chi connectivity index (χ2v) is 9.62. The summed E-state index contributed by atoms with van der Waals surface area (Å²) in [5, 5.41) is 2.82. The van der Waals surface area contributed by atoms with Crippen molar-refractivity contribution in [1.82, 2.24) is 14.6 Å². The Hall–Kier alpha value is -2.45. The van der Waals surface area contributed by atoms with Gasteiger partial charge in [0.25, 0.3) is 5.91 Å². The normalized spacial score (nSPS) is 20.2. The number of rotatable bonds is 6. The van der Waals surface area contributed by atoms with Crippen molar-refractivity contribution >= 4 is 15.9 Å². The minimum Gasteiger partial charge on any atom is -0.481 e. The molecular weight excluding hydrogens is 390 g/mol. The lowest BCUT2D eigenvalue weighted by atomic mass is 9.94. The molecule has 8 heteroatoms. The van der Waals surface area contributed by atoms with E-state index in [2.05, 4.69) is 24.1 Å². The molecule has 1 fully saturated rings. The lowest BCUT2D eigenvalue weighted by Gasteiger charge is -2.34. The topological polar surface area (TPSA) is 88.6 Å². The molecule has 1 saturated heterocycles. The second kappa shape index (κ2) is 8.92. The van der Waals surface area contributed by atoms with Gasteiger partial charge in [0.1, 0.15) is 0 Å². The van der Waals surface area contributed by atoms with Crippen molar-refractivity contribution in [2.24, 2.45) is 11.8 Å². The molecule has 156 valence electrons. The first kappa shape index (κ1) is 21.3. The van der Waals surface area contributed by atoms with Gasteiger partial charge in [-0.25, -0.2) is 13.4 Å². The Morgan fingerprint density at radius 2 is 1.83 bits per heavy atom. The van der Waals surface area contributed by atoms with Crippen LogP contribution in [-0.2, 0) is 16.6 Å². The fourth-order valence-electron chi connectivity index (χ4n) is 3.69. The molecule has 3 rings (SSSR count). The van der Waals surface area contributed by atoms with Gasteiger partial charge in [-0.15, -0.1) is 0 Å². The molecule has 2 heterocycles. The molecule has 2 unspecified atom stereocenters. The van der Waals surface area contributed by atoms with Gasteiger partial charge < -0.3 is 10.1 Å². The smallest absolute Gasteiger partial charge is 0.251 e. The Bertz CT molecular complexity index is 950. The SMILES string of the molecule is COc1cc(CNC(=O)c2ccc(S(=O)(=O)N3CC(C)CC(C)C3)cc2)ccn1. The Morgan fingerprint density at radius 3 is 2.45 bits per heavy atom. The number of aromatic nitrogens is 1. The average Bonchev–Trinajstić information content (AvgIpc) is 2.71. The fourth-order valence-corrected chi connectivity index (χ4v) is 5.37. The highest BCUT2D eigenvalue weighted by Crippen LogP contribution is 2.26. The second-order valence-electron chi connectivity index (χ2n) is 7.68. The minimum atomic E-state index is -3.55. The van der Waals surface area contributed by atoms with Crippen LogP contribution in [-0.4, -0.2) is 43.8 Å². The molecule has 0 spiro atoms. The first-order chi connectivity index (χ1) is 13.8. The van der Waals surface area contributed by atoms with E-state index in [9.17, 15) is 13.2 Å². The van der Waals surface area contributed by atoms with Crippen molar-refractivity contribution < 1.29 is 17.9 Å². The summed E-state index contributed by atoms with van der Waals surface area (Å²) in [4.78, 5) is 16.6. The number of amides is 1. The van der Waals surface area contributed by atoms with Crippen molar-refractivity contribution in [2.75, 3.05) is 20.2 Å². The number of carbonyl (C=O) groups is 1. The Labute approximate surface area is 172 Å². The van der Waals surface area contributed by atoms with E-state index in [-0.39, 0.29) is 10.8 Å². The molecule has 1 N–H and O–H groups in total. The van der Waals surface area contributed by atoms with Crippen LogP contribution in [0.15, 0.2) is 47.5 Å². The maximum atomic E-state index is 12.9. The monoisotopic (exact) mass is 417 g/mol. The number of nitrogens with one attached hydrogen (secondary N) is 1. The molecule has 1 amide bonds. The van der Waals surface area contributed by atoms with Gasteiger partial charge in [0.05, 0.1) is 12.0 Å². The summed E-state index contributed by atoms with van der Waals surface area (Å²) < 4.78 is 32.5. The van der Waals surface area contributed by atoms with Crippen LogP contribution >= 0.6 is 0 Å². The van der Waals surface area contributed by atoms with Crippen molar-refractivity contribution in [2.45, 2.75) is 31.7 Å². The van der Waals surface area contributed by atoms with Crippen LogP contribution in [0, 0.1) is 11.8 Å². The third-order valence-corrected chi connectivity index (χ3v) is 6.90. The molecule has 1 aliphatic heterocycles. The number of benzene rings is 1. The zero-order valence-corrected chi connectivity index (χ0v) is 17.8. The molecule has 0 aliphatic carbocycles. The highest BCUT2D eigenvalue weighted by Gasteiger charge is 2.31. The summed E-state index contributed by atoms with van der Waals surface area (Å²) >= 11 is 0. The van der Waals surface area contributed by atoms with Gasteiger partial charge in [0.2, 0.25) is 15.9 Å². The number of pyridine rings is 1. The number of sulfonamides is 1. The lowest BCUT2D eigenvalue weighted by molar-refractivity contribution is 0.0950. The third kappa shape index (κ3) is 5.13.